The third-order valence-electron chi connectivity index (χ3n) is 14.6. The summed E-state index contributed by atoms with van der Waals surface area (Å²) in [6, 6.07) is 5.22. The zero-order valence-electron chi connectivity index (χ0n) is 42.7. The number of rotatable bonds is 10. The van der Waals surface area contributed by atoms with Gasteiger partial charge in [0.2, 0.25) is 17.7 Å². The van der Waals surface area contributed by atoms with E-state index < -0.39 is 71.7 Å². The number of urea groups is 1. The Bertz CT molecular complexity index is 2760. The summed E-state index contributed by atoms with van der Waals surface area (Å²) in [6.45, 7) is 12.8. The van der Waals surface area contributed by atoms with Crippen molar-refractivity contribution in [2.24, 2.45) is 11.3 Å². The number of hydrogen-bond acceptors (Lipinski definition) is 12. The van der Waals surface area contributed by atoms with Gasteiger partial charge in [-0.25, -0.2) is 15.2 Å². The number of carbonyl (C=O) groups is 5. The molecule has 22 heteroatoms. The maximum Gasteiger partial charge on any atom is 0.406 e. The number of aromatic nitrogens is 3. The molecular weight excluding hydrogens is 968 g/mol. The summed E-state index contributed by atoms with van der Waals surface area (Å²) >= 11 is 0. The van der Waals surface area contributed by atoms with Gasteiger partial charge in [-0.2, -0.15) is 13.2 Å². The Kier molecular flexibility index (Phi) is 15.4. The fourth-order valence-electron chi connectivity index (χ4n) is 10.9. The number of fused-ring (bicyclic) bond motifs is 7. The molecule has 2 N–H and O–H groups in total. The van der Waals surface area contributed by atoms with Crippen LogP contribution in [0.25, 0.3) is 33.6 Å². The van der Waals surface area contributed by atoms with E-state index in [0.29, 0.717) is 65.0 Å². The first-order valence-electron chi connectivity index (χ1n) is 24.7. The van der Waals surface area contributed by atoms with Gasteiger partial charge in [0.25, 0.3) is 5.91 Å². The maximum atomic E-state index is 14.9. The number of benzene rings is 1. The van der Waals surface area contributed by atoms with E-state index in [1.54, 1.807) is 67.1 Å². The Morgan fingerprint density at radius 2 is 1.89 bits per heavy atom. The molecule has 6 bridgehead atoms. The standard InChI is InChI=1S/C51H66F3N9O9Si/c1-9-40(64)61-18-19-71-39-24-60(23-38(39)61)48(68)59(7)42(29(2)3)44(65)57-36-21-32-25-72-45(56-32)31-13-14-37-34(20-31)35(43(62(37)26-51(52,53)54)33-12-10-16-55-41(33)30(4)69-8)22-49(5,6)27-70-28-50(47(67)73)15-11-17-63(58-50)46(36)66/h9-10,12-14,16,20,25,29-30,36,38-39,42,58H,1,11,15,17-19,21-24,26-28H2,2-8,73H3,(H,57,65)/t30-,36-,38+,39-,42-,50-/m0/s1. The molecule has 3 fully saturated rings. The van der Waals surface area contributed by atoms with Gasteiger partial charge >= 0.3 is 12.2 Å². The Morgan fingerprint density at radius 1 is 1.12 bits per heavy atom. The van der Waals surface area contributed by atoms with E-state index >= 15 is 0 Å². The number of hydrogen-bond donors (Lipinski definition) is 2. The summed E-state index contributed by atoms with van der Waals surface area (Å²) in [5.41, 5.74) is 4.10. The molecule has 4 aliphatic rings. The minimum atomic E-state index is -4.61. The first-order valence-corrected chi connectivity index (χ1v) is 25.7. The van der Waals surface area contributed by atoms with Crippen LogP contribution in [0.2, 0.25) is 0 Å². The fraction of sp³-hybridized carbons (Fsp3) is 0.549. The van der Waals surface area contributed by atoms with Crippen LogP contribution in [0.4, 0.5) is 18.0 Å². The van der Waals surface area contributed by atoms with Crippen LogP contribution in [0, 0.1) is 11.3 Å². The first kappa shape index (κ1) is 53.4. The highest BCUT2D eigenvalue weighted by Crippen LogP contribution is 2.43. The molecule has 73 heavy (non-hydrogen) atoms. The van der Waals surface area contributed by atoms with Gasteiger partial charge in [0, 0.05) is 68.4 Å². The number of methoxy groups -OCH3 is 1. The van der Waals surface area contributed by atoms with Crippen LogP contribution in [-0.2, 0) is 52.8 Å². The molecule has 18 nitrogen and oxygen atoms in total. The molecule has 0 radical (unpaired) electrons. The van der Waals surface area contributed by atoms with Gasteiger partial charge in [-0.1, -0.05) is 34.3 Å². The number of amides is 5. The van der Waals surface area contributed by atoms with Crippen LogP contribution in [0.15, 0.2) is 59.9 Å². The SMILES string of the molecule is C=CC(=O)N1CCO[C@H]2CN(C(=O)N(C)[C@H](C(=O)N[C@H]3Cc4coc(n4)-c4ccc5c(c4)c(c(-c4cccnc4[C@H](C)OC)n5CC(F)(F)F)CC(C)(C)COC[C@]4(C(=O)[SiH3])CCCN(N4)C3=O)C(C)C)C[C@H]21. The number of nitrogens with one attached hydrogen (secondary N) is 2. The lowest BCUT2D eigenvalue weighted by atomic mass is 9.84. The monoisotopic (exact) mass is 1030 g/mol. The van der Waals surface area contributed by atoms with Crippen LogP contribution in [0.3, 0.4) is 0 Å². The van der Waals surface area contributed by atoms with E-state index in [2.05, 4.69) is 22.3 Å². The molecular formula is C51H66F3N9O9Si. The van der Waals surface area contributed by atoms with Crippen molar-refractivity contribution in [2.45, 2.75) is 109 Å². The predicted molar refractivity (Wildman–Crippen MR) is 267 cm³/mol. The highest BCUT2D eigenvalue weighted by atomic mass is 28.1. The molecule has 3 saturated heterocycles. The maximum absolute atomic E-state index is 14.9. The number of morpholine rings is 1. The predicted octanol–water partition coefficient (Wildman–Crippen LogP) is 4.19. The molecule has 0 aliphatic carbocycles. The minimum Gasteiger partial charge on any atom is -0.444 e. The Hall–Kier alpha value is -5.94. The number of alkyl halides is 3. The Labute approximate surface area is 425 Å². The zero-order chi connectivity index (χ0) is 52.7. The Morgan fingerprint density at radius 3 is 2.59 bits per heavy atom. The average molecular weight is 1030 g/mol. The van der Waals surface area contributed by atoms with Gasteiger partial charge < -0.3 is 48.0 Å². The zero-order valence-corrected chi connectivity index (χ0v) is 44.7. The number of likely N-dealkylation sites (N-methyl/N-ethyl adjacent to an activating group) is 1. The summed E-state index contributed by atoms with van der Waals surface area (Å²) in [4.78, 5) is 84.3. The molecule has 3 aromatic heterocycles. The second-order valence-corrected chi connectivity index (χ2v) is 21.8. The normalized spacial score (nSPS) is 23.5. The van der Waals surface area contributed by atoms with Crippen molar-refractivity contribution in [3.8, 4) is 22.7 Å². The number of likely N-dealkylation sites (tertiary alicyclic amines) is 1. The molecule has 0 spiro atoms. The number of ether oxygens (including phenoxy) is 3. The van der Waals surface area contributed by atoms with Gasteiger partial charge in [-0.05, 0) is 79.5 Å². The van der Waals surface area contributed by atoms with Gasteiger partial charge in [-0.15, -0.1) is 0 Å². The van der Waals surface area contributed by atoms with Gasteiger partial charge in [0.1, 0.15) is 35.8 Å². The number of carbonyl (C=O) groups excluding carboxylic acids is 5. The molecule has 4 aliphatic heterocycles. The summed E-state index contributed by atoms with van der Waals surface area (Å²) in [7, 11) is 3.15. The molecule has 6 atom stereocenters. The van der Waals surface area contributed by atoms with Crippen molar-refractivity contribution in [3.05, 3.63) is 72.4 Å². The molecule has 4 aromatic rings. The van der Waals surface area contributed by atoms with E-state index in [-0.39, 0.29) is 84.9 Å². The summed E-state index contributed by atoms with van der Waals surface area (Å²) < 4.78 is 69.7. The fourth-order valence-corrected chi connectivity index (χ4v) is 11.4. The van der Waals surface area contributed by atoms with E-state index in [4.69, 9.17) is 23.6 Å². The van der Waals surface area contributed by atoms with E-state index in [1.165, 1.54) is 41.0 Å². The molecule has 8 rings (SSSR count). The molecule has 5 amide bonds. The number of oxazole rings is 1. The largest absolute Gasteiger partial charge is 0.444 e. The van der Waals surface area contributed by atoms with Crippen molar-refractivity contribution in [3.63, 3.8) is 0 Å². The lowest BCUT2D eigenvalue weighted by Crippen LogP contribution is -2.68. The van der Waals surface area contributed by atoms with Crippen molar-refractivity contribution in [2.75, 3.05) is 60.2 Å². The van der Waals surface area contributed by atoms with E-state index in [0.717, 1.165) is 0 Å². The van der Waals surface area contributed by atoms with Crippen molar-refractivity contribution in [1.82, 2.24) is 45.0 Å². The minimum absolute atomic E-state index is 0.0836. The van der Waals surface area contributed by atoms with Gasteiger partial charge in [-0.3, -0.25) is 24.4 Å². The highest BCUT2D eigenvalue weighted by molar-refractivity contribution is 6.60. The molecule has 1 aromatic carbocycles. The highest BCUT2D eigenvalue weighted by Gasteiger charge is 2.47. The molecule has 7 heterocycles. The smallest absolute Gasteiger partial charge is 0.406 e. The number of halogens is 3. The summed E-state index contributed by atoms with van der Waals surface area (Å²) in [5, 5.41) is 4.66. The van der Waals surface area contributed by atoms with Gasteiger partial charge in [0.05, 0.1) is 71.9 Å². The number of hydrazine groups is 1. The number of nitrogens with zero attached hydrogens (tertiary/aromatic N) is 7. The van der Waals surface area contributed by atoms with Crippen molar-refractivity contribution in [1.29, 1.82) is 0 Å². The lowest BCUT2D eigenvalue weighted by molar-refractivity contribution is -0.148. The van der Waals surface area contributed by atoms with E-state index in [1.807, 2.05) is 13.8 Å². The van der Waals surface area contributed by atoms with Crippen LogP contribution >= 0.6 is 0 Å². The first-order chi connectivity index (χ1) is 34.5. The lowest BCUT2D eigenvalue weighted by Gasteiger charge is -2.43. The van der Waals surface area contributed by atoms with Gasteiger partial charge in [0.15, 0.2) is 0 Å². The third kappa shape index (κ3) is 11.0. The quantitative estimate of drug-likeness (QED) is 0.170. The second-order valence-electron chi connectivity index (χ2n) is 20.9. The van der Waals surface area contributed by atoms with Crippen LogP contribution in [0.1, 0.15) is 70.5 Å². The Balaban J connectivity index is 1.18. The van der Waals surface area contributed by atoms with Crippen molar-refractivity contribution >= 4 is 50.3 Å². The third-order valence-corrected chi connectivity index (χ3v) is 15.5. The molecule has 0 unspecified atom stereocenters. The van der Waals surface area contributed by atoms with Crippen LogP contribution in [-0.4, -0.2) is 170 Å². The van der Waals surface area contributed by atoms with E-state index in [9.17, 15) is 37.1 Å². The van der Waals surface area contributed by atoms with Crippen molar-refractivity contribution < 1.29 is 55.8 Å². The summed E-state index contributed by atoms with van der Waals surface area (Å²) in [6.07, 6.45) is -0.570. The number of pyridine rings is 1. The van der Waals surface area contributed by atoms with Crippen LogP contribution < -0.4 is 10.7 Å². The summed E-state index contributed by atoms with van der Waals surface area (Å²) in [5.74, 6) is -1.75. The average Bonchev–Trinajstić information content (AvgIpc) is 4.08. The topological polar surface area (TPSA) is 194 Å². The van der Waals surface area contributed by atoms with Crippen LogP contribution in [0.5, 0.6) is 0 Å². The molecule has 0 saturated carbocycles. The second kappa shape index (κ2) is 21.1. The molecule has 394 valence electrons.